The molecule has 7 rings (SSSR count). The molecule has 38 heavy (non-hydrogen) atoms. The van der Waals surface area contributed by atoms with Crippen molar-refractivity contribution < 1.29 is 4.74 Å². The van der Waals surface area contributed by atoms with Crippen molar-refractivity contribution in [3.63, 3.8) is 0 Å². The normalized spacial score (nSPS) is 14.9. The van der Waals surface area contributed by atoms with Crippen LogP contribution >= 0.6 is 0 Å². The van der Waals surface area contributed by atoms with Crippen molar-refractivity contribution in [1.82, 2.24) is 0 Å². The van der Waals surface area contributed by atoms with Crippen LogP contribution in [-0.2, 0) is 6.42 Å². The van der Waals surface area contributed by atoms with E-state index in [2.05, 4.69) is 128 Å². The predicted octanol–water partition coefficient (Wildman–Crippen LogP) is 10.0. The van der Waals surface area contributed by atoms with Gasteiger partial charge in [-0.15, -0.1) is 0 Å². The molecule has 0 bridgehead atoms. The first-order valence-corrected chi connectivity index (χ1v) is 13.0. The lowest BCUT2D eigenvalue weighted by molar-refractivity contribution is 0.444. The maximum absolute atomic E-state index is 6.45. The second-order valence-corrected chi connectivity index (χ2v) is 9.72. The third-order valence-corrected chi connectivity index (χ3v) is 7.46. The summed E-state index contributed by atoms with van der Waals surface area (Å²) in [5, 5.41) is 7.40. The summed E-state index contributed by atoms with van der Waals surface area (Å²) < 4.78 is 6.45. The Morgan fingerprint density at radius 3 is 1.79 bits per heavy atom. The fraction of sp³-hybridized carbons (Fsp3) is 0.0270. The predicted molar refractivity (Wildman–Crippen MR) is 162 cm³/mol. The van der Waals surface area contributed by atoms with Crippen molar-refractivity contribution in [2.75, 3.05) is 0 Å². The van der Waals surface area contributed by atoms with E-state index in [4.69, 9.17) is 4.74 Å². The Bertz CT molecular complexity index is 1870. The van der Waals surface area contributed by atoms with Crippen LogP contribution in [0.3, 0.4) is 0 Å². The molecule has 0 saturated heterocycles. The zero-order valence-corrected chi connectivity index (χ0v) is 21.0. The molecule has 180 valence electrons. The Balaban J connectivity index is 1.62. The highest BCUT2D eigenvalue weighted by molar-refractivity contribution is 6.23. The minimum absolute atomic E-state index is 0.631. The first kappa shape index (κ1) is 22.3. The van der Waals surface area contributed by atoms with Crippen molar-refractivity contribution in [1.29, 1.82) is 0 Å². The monoisotopic (exact) mass is 486 g/mol. The molecule has 1 nitrogen and oxygen atoms in total. The van der Waals surface area contributed by atoms with Crippen LogP contribution in [0, 0.1) is 0 Å². The Hall–Kier alpha value is -4.88. The number of rotatable bonds is 2. The summed E-state index contributed by atoms with van der Waals surface area (Å²) in [7, 11) is 0. The van der Waals surface area contributed by atoms with Crippen LogP contribution in [0.25, 0.3) is 54.6 Å². The van der Waals surface area contributed by atoms with Crippen molar-refractivity contribution in [3.8, 4) is 28.0 Å². The summed E-state index contributed by atoms with van der Waals surface area (Å²) in [4.78, 5) is 0. The molecular formula is C37H26O. The molecular weight excluding hydrogens is 460 g/mol. The maximum Gasteiger partial charge on any atom is 0.138 e. The summed E-state index contributed by atoms with van der Waals surface area (Å²) in [5.41, 5.74) is 5.95. The molecule has 0 aromatic heterocycles. The van der Waals surface area contributed by atoms with Gasteiger partial charge in [-0.25, -0.2) is 0 Å². The van der Waals surface area contributed by atoms with Crippen LogP contribution in [0.5, 0.6) is 5.75 Å². The van der Waals surface area contributed by atoms with Gasteiger partial charge in [0.2, 0.25) is 0 Å². The van der Waals surface area contributed by atoms with Crippen LogP contribution in [0.2, 0.25) is 0 Å². The van der Waals surface area contributed by atoms with Crippen molar-refractivity contribution >= 4 is 32.3 Å². The molecule has 0 unspecified atom stereocenters. The number of hydrogen-bond acceptors (Lipinski definition) is 1. The fourth-order valence-electron chi connectivity index (χ4n) is 5.82. The van der Waals surface area contributed by atoms with Gasteiger partial charge in [-0.2, -0.15) is 0 Å². The molecule has 0 spiro atoms. The van der Waals surface area contributed by atoms with Crippen LogP contribution < -0.4 is 4.74 Å². The van der Waals surface area contributed by atoms with Gasteiger partial charge in [-0.1, -0.05) is 134 Å². The van der Waals surface area contributed by atoms with E-state index in [9.17, 15) is 0 Å². The lowest BCUT2D eigenvalue weighted by atomic mass is 9.84. The minimum Gasteiger partial charge on any atom is -0.457 e. The third kappa shape index (κ3) is 3.64. The number of ether oxygens (including phenoxy) is 1. The number of para-hydroxylation sites is 1. The van der Waals surface area contributed by atoms with Crippen LogP contribution in [0.15, 0.2) is 146 Å². The van der Waals surface area contributed by atoms with E-state index in [1.807, 2.05) is 12.2 Å². The summed E-state index contributed by atoms with van der Waals surface area (Å²) >= 11 is 0. The summed E-state index contributed by atoms with van der Waals surface area (Å²) in [6.45, 7) is 4.16. The molecule has 0 radical (unpaired) electrons. The van der Waals surface area contributed by atoms with Gasteiger partial charge < -0.3 is 4.74 Å². The number of fused-ring (bicyclic) bond motifs is 4. The van der Waals surface area contributed by atoms with E-state index in [0.29, 0.717) is 5.76 Å². The molecule has 0 atom stereocenters. The topological polar surface area (TPSA) is 9.23 Å². The highest BCUT2D eigenvalue weighted by atomic mass is 16.5. The smallest absolute Gasteiger partial charge is 0.138 e. The van der Waals surface area contributed by atoms with E-state index in [-0.39, 0.29) is 0 Å². The van der Waals surface area contributed by atoms with Crippen molar-refractivity contribution in [2.24, 2.45) is 0 Å². The zero-order chi connectivity index (χ0) is 25.5. The van der Waals surface area contributed by atoms with E-state index in [1.54, 1.807) is 0 Å². The van der Waals surface area contributed by atoms with Gasteiger partial charge in [0.25, 0.3) is 0 Å². The highest BCUT2D eigenvalue weighted by Crippen LogP contribution is 2.48. The van der Waals surface area contributed by atoms with E-state index >= 15 is 0 Å². The fourth-order valence-corrected chi connectivity index (χ4v) is 5.82. The molecule has 1 aliphatic heterocycles. The van der Waals surface area contributed by atoms with Crippen LogP contribution in [-0.4, -0.2) is 0 Å². The molecule has 6 aromatic rings. The highest BCUT2D eigenvalue weighted by Gasteiger charge is 2.21. The van der Waals surface area contributed by atoms with Gasteiger partial charge in [-0.3, -0.25) is 0 Å². The van der Waals surface area contributed by atoms with Crippen LogP contribution in [0.4, 0.5) is 0 Å². The molecule has 0 aliphatic carbocycles. The first-order valence-electron chi connectivity index (χ1n) is 13.0. The maximum atomic E-state index is 6.45. The van der Waals surface area contributed by atoms with E-state index < -0.39 is 0 Å². The van der Waals surface area contributed by atoms with Crippen molar-refractivity contribution in [2.45, 2.75) is 6.42 Å². The molecule has 0 saturated carbocycles. The standard InChI is InChI=1S/C37H26O/c1-25-13-3-2-4-15-27-17-12-24-34(37(27)38-25)36-32-21-9-7-19-30(32)35(31-20-8-10-22-33(31)36)29-23-11-16-26-14-5-6-18-28(26)29/h2-14,16-24H,1,15H2/b4-2-,13-3-. The van der Waals surface area contributed by atoms with Crippen molar-refractivity contribution in [3.05, 3.63) is 151 Å². The second-order valence-electron chi connectivity index (χ2n) is 9.72. The van der Waals surface area contributed by atoms with Gasteiger partial charge in [0.15, 0.2) is 0 Å². The molecule has 1 aliphatic rings. The minimum atomic E-state index is 0.631. The summed E-state index contributed by atoms with van der Waals surface area (Å²) in [5.74, 6) is 1.51. The zero-order valence-electron chi connectivity index (χ0n) is 21.0. The van der Waals surface area contributed by atoms with E-state index in [0.717, 1.165) is 23.3 Å². The first-order chi connectivity index (χ1) is 18.8. The number of allylic oxidation sites excluding steroid dienone is 4. The van der Waals surface area contributed by atoms with Gasteiger partial charge >= 0.3 is 0 Å². The van der Waals surface area contributed by atoms with E-state index in [1.165, 1.54) is 49.0 Å². The van der Waals surface area contributed by atoms with Crippen LogP contribution in [0.1, 0.15) is 5.56 Å². The molecule has 1 heterocycles. The molecule has 0 fully saturated rings. The summed E-state index contributed by atoms with van der Waals surface area (Å²) in [6.07, 6.45) is 8.92. The van der Waals surface area contributed by atoms with Gasteiger partial charge in [0.1, 0.15) is 11.5 Å². The molecule has 0 N–H and O–H groups in total. The number of benzene rings is 6. The SMILES string of the molecule is C=C1/C=C\C=C/Cc2cccc(-c3c4ccccc4c(-c4cccc5ccccc45)c4ccccc34)c2O1. The quantitative estimate of drug-likeness (QED) is 0.221. The Labute approximate surface area is 222 Å². The second kappa shape index (κ2) is 9.21. The summed E-state index contributed by atoms with van der Waals surface area (Å²) in [6, 6.07) is 39.3. The molecule has 0 amide bonds. The Morgan fingerprint density at radius 2 is 1.08 bits per heavy atom. The van der Waals surface area contributed by atoms with Gasteiger partial charge in [-0.05, 0) is 61.5 Å². The molecule has 1 heteroatoms. The average Bonchev–Trinajstić information content (AvgIpc) is 3.05. The van der Waals surface area contributed by atoms with Gasteiger partial charge in [0, 0.05) is 11.1 Å². The van der Waals surface area contributed by atoms with Gasteiger partial charge in [0.05, 0.1) is 0 Å². The number of hydrogen-bond donors (Lipinski definition) is 0. The average molecular weight is 487 g/mol. The lowest BCUT2D eigenvalue weighted by Crippen LogP contribution is -1.99. The Kier molecular flexibility index (Phi) is 5.41. The largest absolute Gasteiger partial charge is 0.457 e. The third-order valence-electron chi connectivity index (χ3n) is 7.46. The molecule has 6 aromatic carbocycles. The Morgan fingerprint density at radius 1 is 0.526 bits per heavy atom. The lowest BCUT2D eigenvalue weighted by Gasteiger charge is -2.21.